The second kappa shape index (κ2) is 4.94. The second-order valence-electron chi connectivity index (χ2n) is 5.42. The third kappa shape index (κ3) is 2.71. The topological polar surface area (TPSA) is 42.2 Å². The molecule has 1 aliphatic carbocycles. The largest absolute Gasteiger partial charge is 0.398 e. The molecular weight excluding hydrogens is 210 g/mol. The SMILES string of the molecule is Cc1cnc(N(C)C2CCC(C)CC2)cc1N. The standard InChI is InChI=1S/C14H23N3/c1-10-4-6-12(7-5-10)17(3)14-8-13(15)11(2)9-16-14/h8-10,12H,4-7H2,1-3H3,(H2,15,16). The molecule has 0 amide bonds. The lowest BCUT2D eigenvalue weighted by Crippen LogP contribution is -2.35. The lowest BCUT2D eigenvalue weighted by molar-refractivity contribution is 0.340. The van der Waals surface area contributed by atoms with E-state index in [9.17, 15) is 0 Å². The van der Waals surface area contributed by atoms with Crippen LogP contribution in [0.5, 0.6) is 0 Å². The van der Waals surface area contributed by atoms with Crippen LogP contribution in [0.4, 0.5) is 11.5 Å². The Kier molecular flexibility index (Phi) is 3.55. The lowest BCUT2D eigenvalue weighted by Gasteiger charge is -2.34. The summed E-state index contributed by atoms with van der Waals surface area (Å²) in [7, 11) is 2.14. The van der Waals surface area contributed by atoms with Gasteiger partial charge in [-0.15, -0.1) is 0 Å². The molecule has 0 aliphatic heterocycles. The first kappa shape index (κ1) is 12.2. The summed E-state index contributed by atoms with van der Waals surface area (Å²) >= 11 is 0. The number of nitrogens with zero attached hydrogens (tertiary/aromatic N) is 2. The van der Waals surface area contributed by atoms with E-state index in [1.807, 2.05) is 19.2 Å². The van der Waals surface area contributed by atoms with E-state index in [1.54, 1.807) is 0 Å². The number of hydrogen-bond donors (Lipinski definition) is 1. The molecule has 3 nitrogen and oxygen atoms in total. The van der Waals surface area contributed by atoms with Gasteiger partial charge in [0.2, 0.25) is 0 Å². The van der Waals surface area contributed by atoms with Gasteiger partial charge in [0.05, 0.1) is 0 Å². The number of hydrogen-bond acceptors (Lipinski definition) is 3. The van der Waals surface area contributed by atoms with Crippen molar-refractivity contribution in [2.45, 2.75) is 45.6 Å². The van der Waals surface area contributed by atoms with Crippen molar-refractivity contribution in [3.8, 4) is 0 Å². The van der Waals surface area contributed by atoms with Crippen molar-refractivity contribution in [1.82, 2.24) is 4.98 Å². The second-order valence-corrected chi connectivity index (χ2v) is 5.42. The van der Waals surface area contributed by atoms with Gasteiger partial charge in [0.25, 0.3) is 0 Å². The number of rotatable bonds is 2. The summed E-state index contributed by atoms with van der Waals surface area (Å²) in [6, 6.07) is 2.62. The summed E-state index contributed by atoms with van der Waals surface area (Å²) in [5.74, 6) is 1.89. The molecule has 1 aliphatic rings. The third-order valence-electron chi connectivity index (χ3n) is 4.02. The van der Waals surface area contributed by atoms with Gasteiger partial charge < -0.3 is 10.6 Å². The number of aromatic nitrogens is 1. The lowest BCUT2D eigenvalue weighted by atomic mass is 9.87. The molecule has 1 aromatic heterocycles. The molecule has 17 heavy (non-hydrogen) atoms. The minimum atomic E-state index is 0.626. The third-order valence-corrected chi connectivity index (χ3v) is 4.02. The highest BCUT2D eigenvalue weighted by atomic mass is 15.2. The van der Waals surface area contributed by atoms with Crippen molar-refractivity contribution < 1.29 is 0 Å². The van der Waals surface area contributed by atoms with E-state index < -0.39 is 0 Å². The van der Waals surface area contributed by atoms with Gasteiger partial charge in [0.15, 0.2) is 0 Å². The van der Waals surface area contributed by atoms with Crippen LogP contribution in [-0.4, -0.2) is 18.1 Å². The van der Waals surface area contributed by atoms with Crippen LogP contribution in [0.25, 0.3) is 0 Å². The maximum atomic E-state index is 5.94. The van der Waals surface area contributed by atoms with Crippen LogP contribution >= 0.6 is 0 Å². The fourth-order valence-electron chi connectivity index (χ4n) is 2.54. The Labute approximate surface area is 104 Å². The molecule has 3 heteroatoms. The van der Waals surface area contributed by atoms with E-state index in [0.717, 1.165) is 23.0 Å². The van der Waals surface area contributed by atoms with Gasteiger partial charge in [-0.25, -0.2) is 4.98 Å². The first-order valence-corrected chi connectivity index (χ1v) is 6.53. The smallest absolute Gasteiger partial charge is 0.130 e. The molecule has 0 aromatic carbocycles. The number of pyridine rings is 1. The maximum absolute atomic E-state index is 5.94. The van der Waals surface area contributed by atoms with E-state index in [4.69, 9.17) is 5.73 Å². The predicted octanol–water partition coefficient (Wildman–Crippen LogP) is 2.99. The van der Waals surface area contributed by atoms with Crippen molar-refractivity contribution in [2.24, 2.45) is 5.92 Å². The highest BCUT2D eigenvalue weighted by molar-refractivity contribution is 5.54. The summed E-state index contributed by atoms with van der Waals surface area (Å²) in [5.41, 5.74) is 7.84. The van der Waals surface area contributed by atoms with E-state index >= 15 is 0 Å². The highest BCUT2D eigenvalue weighted by Crippen LogP contribution is 2.29. The van der Waals surface area contributed by atoms with Gasteiger partial charge in [0, 0.05) is 31.0 Å². The van der Waals surface area contributed by atoms with Crippen LogP contribution in [-0.2, 0) is 0 Å². The van der Waals surface area contributed by atoms with Crippen molar-refractivity contribution in [3.63, 3.8) is 0 Å². The summed E-state index contributed by atoms with van der Waals surface area (Å²) in [6.07, 6.45) is 7.07. The fourth-order valence-corrected chi connectivity index (χ4v) is 2.54. The van der Waals surface area contributed by atoms with Crippen LogP contribution in [0.3, 0.4) is 0 Å². The van der Waals surface area contributed by atoms with Crippen LogP contribution in [0, 0.1) is 12.8 Å². The molecule has 0 radical (unpaired) electrons. The molecule has 0 bridgehead atoms. The molecule has 0 saturated heterocycles. The summed E-state index contributed by atoms with van der Waals surface area (Å²) in [4.78, 5) is 6.77. The van der Waals surface area contributed by atoms with E-state index in [2.05, 4.69) is 23.9 Å². The summed E-state index contributed by atoms with van der Waals surface area (Å²) in [5, 5.41) is 0. The van der Waals surface area contributed by atoms with Crippen molar-refractivity contribution in [3.05, 3.63) is 17.8 Å². The summed E-state index contributed by atoms with van der Waals surface area (Å²) < 4.78 is 0. The monoisotopic (exact) mass is 233 g/mol. The minimum Gasteiger partial charge on any atom is -0.398 e. The first-order valence-electron chi connectivity index (χ1n) is 6.53. The Morgan fingerprint density at radius 1 is 1.29 bits per heavy atom. The number of aryl methyl sites for hydroxylation is 1. The minimum absolute atomic E-state index is 0.626. The Morgan fingerprint density at radius 2 is 1.94 bits per heavy atom. The molecule has 0 spiro atoms. The molecule has 2 rings (SSSR count). The molecule has 0 unspecified atom stereocenters. The van der Waals surface area contributed by atoms with E-state index in [1.165, 1.54) is 25.7 Å². The Morgan fingerprint density at radius 3 is 2.53 bits per heavy atom. The van der Waals surface area contributed by atoms with Gasteiger partial charge in [-0.3, -0.25) is 0 Å². The average Bonchev–Trinajstić information content (AvgIpc) is 2.33. The Bertz CT molecular complexity index is 381. The van der Waals surface area contributed by atoms with Gasteiger partial charge in [-0.1, -0.05) is 6.92 Å². The number of nitrogens with two attached hydrogens (primary N) is 1. The van der Waals surface area contributed by atoms with E-state index in [0.29, 0.717) is 6.04 Å². The molecule has 2 N–H and O–H groups in total. The zero-order valence-electron chi connectivity index (χ0n) is 11.1. The van der Waals surface area contributed by atoms with Crippen molar-refractivity contribution in [1.29, 1.82) is 0 Å². The molecular formula is C14H23N3. The molecule has 1 aromatic rings. The zero-order valence-corrected chi connectivity index (χ0v) is 11.1. The van der Waals surface area contributed by atoms with E-state index in [-0.39, 0.29) is 0 Å². The average molecular weight is 233 g/mol. The van der Waals surface area contributed by atoms with Crippen molar-refractivity contribution >= 4 is 11.5 Å². The number of anilines is 2. The first-order chi connectivity index (χ1) is 8.08. The Hall–Kier alpha value is -1.25. The van der Waals surface area contributed by atoms with Crippen LogP contribution in [0.15, 0.2) is 12.3 Å². The van der Waals surface area contributed by atoms with Gasteiger partial charge in [0.1, 0.15) is 5.82 Å². The van der Waals surface area contributed by atoms with Crippen LogP contribution < -0.4 is 10.6 Å². The van der Waals surface area contributed by atoms with Crippen LogP contribution in [0.1, 0.15) is 38.2 Å². The van der Waals surface area contributed by atoms with Crippen LogP contribution in [0.2, 0.25) is 0 Å². The molecule has 0 atom stereocenters. The number of nitrogen functional groups attached to an aromatic ring is 1. The molecule has 1 heterocycles. The summed E-state index contributed by atoms with van der Waals surface area (Å²) in [6.45, 7) is 4.34. The molecule has 94 valence electrons. The zero-order chi connectivity index (χ0) is 12.4. The normalized spacial score (nSPS) is 24.6. The fraction of sp³-hybridized carbons (Fsp3) is 0.643. The van der Waals surface area contributed by atoms with Gasteiger partial charge in [-0.2, -0.15) is 0 Å². The highest BCUT2D eigenvalue weighted by Gasteiger charge is 2.22. The molecule has 1 fully saturated rings. The quantitative estimate of drug-likeness (QED) is 0.854. The maximum Gasteiger partial charge on any atom is 0.130 e. The predicted molar refractivity (Wildman–Crippen MR) is 73.2 cm³/mol. The van der Waals surface area contributed by atoms with Gasteiger partial charge >= 0.3 is 0 Å². The molecule has 1 saturated carbocycles. The van der Waals surface area contributed by atoms with Crippen molar-refractivity contribution in [2.75, 3.05) is 17.7 Å². The van der Waals surface area contributed by atoms with Gasteiger partial charge in [-0.05, 0) is 44.1 Å². The Balaban J connectivity index is 2.08.